The molecule has 0 saturated heterocycles. The lowest BCUT2D eigenvalue weighted by atomic mass is 9.78. The fraction of sp³-hybridized carbons (Fsp3) is 0.600. The molecular formula is C15H23ClO. The third kappa shape index (κ3) is 4.69. The van der Waals surface area contributed by atoms with Crippen molar-refractivity contribution >= 4 is 11.6 Å². The molecule has 1 nitrogen and oxygen atoms in total. The molecular weight excluding hydrogens is 232 g/mol. The van der Waals surface area contributed by atoms with Gasteiger partial charge >= 0.3 is 0 Å². The summed E-state index contributed by atoms with van der Waals surface area (Å²) in [6.07, 6.45) is 1.18. The quantitative estimate of drug-likeness (QED) is 0.700. The average molecular weight is 255 g/mol. The average Bonchev–Trinajstić information content (AvgIpc) is 2.31. The van der Waals surface area contributed by atoms with Crippen molar-refractivity contribution in [3.8, 4) is 0 Å². The van der Waals surface area contributed by atoms with Crippen LogP contribution in [0, 0.1) is 11.3 Å². The van der Waals surface area contributed by atoms with E-state index in [9.17, 15) is 0 Å². The summed E-state index contributed by atoms with van der Waals surface area (Å²) in [5, 5.41) is 0.772. The zero-order valence-corrected chi connectivity index (χ0v) is 12.1. The van der Waals surface area contributed by atoms with Gasteiger partial charge in [0.15, 0.2) is 0 Å². The summed E-state index contributed by atoms with van der Waals surface area (Å²) in [5.74, 6) is 0.569. The van der Waals surface area contributed by atoms with E-state index in [1.807, 2.05) is 24.3 Å². The number of hydrogen-bond acceptors (Lipinski definition) is 1. The molecule has 0 spiro atoms. The molecule has 1 aromatic rings. The summed E-state index contributed by atoms with van der Waals surface area (Å²) >= 11 is 5.83. The van der Waals surface area contributed by atoms with Gasteiger partial charge in [0.05, 0.1) is 13.2 Å². The predicted molar refractivity (Wildman–Crippen MR) is 74.3 cm³/mol. The van der Waals surface area contributed by atoms with E-state index in [2.05, 4.69) is 27.7 Å². The van der Waals surface area contributed by atoms with E-state index < -0.39 is 0 Å². The van der Waals surface area contributed by atoms with E-state index in [4.69, 9.17) is 16.3 Å². The summed E-state index contributed by atoms with van der Waals surface area (Å²) < 4.78 is 5.77. The summed E-state index contributed by atoms with van der Waals surface area (Å²) in [7, 11) is 0. The third-order valence-electron chi connectivity index (χ3n) is 3.80. The maximum atomic E-state index is 5.83. The number of ether oxygens (including phenoxy) is 1. The van der Waals surface area contributed by atoms with Crippen molar-refractivity contribution in [2.45, 2.75) is 40.7 Å². The van der Waals surface area contributed by atoms with Crippen molar-refractivity contribution in [1.29, 1.82) is 0 Å². The molecule has 17 heavy (non-hydrogen) atoms. The van der Waals surface area contributed by atoms with Crippen molar-refractivity contribution < 1.29 is 4.74 Å². The smallest absolute Gasteiger partial charge is 0.0717 e. The van der Waals surface area contributed by atoms with Crippen molar-refractivity contribution in [1.82, 2.24) is 0 Å². The van der Waals surface area contributed by atoms with Crippen LogP contribution in [-0.4, -0.2) is 6.61 Å². The lowest BCUT2D eigenvalue weighted by molar-refractivity contribution is 0.0461. The topological polar surface area (TPSA) is 9.23 Å². The monoisotopic (exact) mass is 254 g/mol. The standard InChI is InChI=1S/C15H23ClO/c1-5-15(3,4)12(2)10-17-11-13-6-8-14(16)9-7-13/h6-9,12H,5,10-11H2,1-4H3. The van der Waals surface area contributed by atoms with E-state index in [0.29, 0.717) is 17.9 Å². The molecule has 0 amide bonds. The number of hydrogen-bond donors (Lipinski definition) is 0. The van der Waals surface area contributed by atoms with Crippen molar-refractivity contribution in [2.75, 3.05) is 6.61 Å². The van der Waals surface area contributed by atoms with Crippen LogP contribution in [0.1, 0.15) is 39.7 Å². The second kappa shape index (κ2) is 6.42. The normalized spacial score (nSPS) is 13.7. The first-order chi connectivity index (χ1) is 7.95. The van der Waals surface area contributed by atoms with Crippen LogP contribution in [0.4, 0.5) is 0 Å². The molecule has 0 aromatic heterocycles. The lowest BCUT2D eigenvalue weighted by Crippen LogP contribution is -2.24. The third-order valence-corrected chi connectivity index (χ3v) is 4.05. The first kappa shape index (κ1) is 14.5. The largest absolute Gasteiger partial charge is 0.376 e. The van der Waals surface area contributed by atoms with Crippen molar-refractivity contribution in [2.24, 2.45) is 11.3 Å². The Labute approximate surface area is 110 Å². The molecule has 1 atom stereocenters. The molecule has 0 aliphatic rings. The second-order valence-electron chi connectivity index (χ2n) is 5.38. The van der Waals surface area contributed by atoms with Crippen LogP contribution in [0.25, 0.3) is 0 Å². The van der Waals surface area contributed by atoms with Gasteiger partial charge in [-0.25, -0.2) is 0 Å². The van der Waals surface area contributed by atoms with Crippen LogP contribution in [0.3, 0.4) is 0 Å². The van der Waals surface area contributed by atoms with Crippen LogP contribution < -0.4 is 0 Å². The molecule has 0 N–H and O–H groups in total. The van der Waals surface area contributed by atoms with Gasteiger partial charge in [-0.15, -0.1) is 0 Å². The lowest BCUT2D eigenvalue weighted by Gasteiger charge is -2.30. The molecule has 96 valence electrons. The highest BCUT2D eigenvalue weighted by atomic mass is 35.5. The first-order valence-corrected chi connectivity index (χ1v) is 6.65. The molecule has 1 aromatic carbocycles. The fourth-order valence-corrected chi connectivity index (χ4v) is 1.63. The van der Waals surface area contributed by atoms with E-state index in [1.165, 1.54) is 12.0 Å². The van der Waals surface area contributed by atoms with Crippen LogP contribution >= 0.6 is 11.6 Å². The van der Waals surface area contributed by atoms with Gasteiger partial charge in [-0.1, -0.05) is 57.8 Å². The van der Waals surface area contributed by atoms with Gasteiger partial charge in [-0.05, 0) is 29.0 Å². The highest BCUT2D eigenvalue weighted by Crippen LogP contribution is 2.30. The molecule has 1 rings (SSSR count). The van der Waals surface area contributed by atoms with Gasteiger partial charge in [0.1, 0.15) is 0 Å². The van der Waals surface area contributed by atoms with Crippen molar-refractivity contribution in [3.63, 3.8) is 0 Å². The maximum Gasteiger partial charge on any atom is 0.0717 e. The van der Waals surface area contributed by atoms with Gasteiger partial charge in [0, 0.05) is 5.02 Å². The first-order valence-electron chi connectivity index (χ1n) is 6.28. The number of rotatable bonds is 6. The Hall–Kier alpha value is -0.530. The van der Waals surface area contributed by atoms with Crippen LogP contribution in [-0.2, 0) is 11.3 Å². The highest BCUT2D eigenvalue weighted by Gasteiger charge is 2.23. The highest BCUT2D eigenvalue weighted by molar-refractivity contribution is 6.30. The van der Waals surface area contributed by atoms with Crippen LogP contribution in [0.15, 0.2) is 24.3 Å². The summed E-state index contributed by atoms with van der Waals surface area (Å²) in [4.78, 5) is 0. The van der Waals surface area contributed by atoms with E-state index >= 15 is 0 Å². The number of benzene rings is 1. The second-order valence-corrected chi connectivity index (χ2v) is 5.82. The van der Waals surface area contributed by atoms with Gasteiger partial charge in [0.25, 0.3) is 0 Å². The summed E-state index contributed by atoms with van der Waals surface area (Å²) in [6.45, 7) is 10.6. The number of halogens is 1. The van der Waals surface area contributed by atoms with E-state index in [1.54, 1.807) is 0 Å². The Bertz CT molecular complexity index is 329. The van der Waals surface area contributed by atoms with Gasteiger partial charge in [-0.3, -0.25) is 0 Å². The molecule has 0 fully saturated rings. The Kier molecular flexibility index (Phi) is 5.48. The minimum absolute atomic E-state index is 0.347. The zero-order valence-electron chi connectivity index (χ0n) is 11.3. The maximum absolute atomic E-state index is 5.83. The van der Waals surface area contributed by atoms with Gasteiger partial charge in [-0.2, -0.15) is 0 Å². The van der Waals surface area contributed by atoms with Crippen molar-refractivity contribution in [3.05, 3.63) is 34.9 Å². The Morgan fingerprint density at radius 3 is 2.35 bits per heavy atom. The predicted octanol–water partition coefficient (Wildman–Crippen LogP) is 4.93. The zero-order chi connectivity index (χ0) is 12.9. The molecule has 0 heterocycles. The molecule has 1 unspecified atom stereocenters. The molecule has 0 bridgehead atoms. The van der Waals surface area contributed by atoms with E-state index in [0.717, 1.165) is 11.6 Å². The molecule has 0 aliphatic carbocycles. The summed E-state index contributed by atoms with van der Waals surface area (Å²) in [6, 6.07) is 7.83. The Morgan fingerprint density at radius 1 is 1.24 bits per heavy atom. The molecule has 0 aliphatic heterocycles. The van der Waals surface area contributed by atoms with Crippen LogP contribution in [0.5, 0.6) is 0 Å². The molecule has 0 radical (unpaired) electrons. The SMILES string of the molecule is CCC(C)(C)C(C)COCc1ccc(Cl)cc1. The van der Waals surface area contributed by atoms with E-state index in [-0.39, 0.29) is 0 Å². The molecule has 0 saturated carbocycles. The Morgan fingerprint density at radius 2 is 1.82 bits per heavy atom. The van der Waals surface area contributed by atoms with Gasteiger partial charge in [0.2, 0.25) is 0 Å². The summed E-state index contributed by atoms with van der Waals surface area (Å²) in [5.41, 5.74) is 1.52. The molecule has 2 heteroatoms. The van der Waals surface area contributed by atoms with Gasteiger partial charge < -0.3 is 4.74 Å². The fourth-order valence-electron chi connectivity index (χ4n) is 1.51. The Balaban J connectivity index is 2.35. The van der Waals surface area contributed by atoms with Crippen LogP contribution in [0.2, 0.25) is 5.02 Å². The minimum atomic E-state index is 0.347. The minimum Gasteiger partial charge on any atom is -0.376 e.